The summed E-state index contributed by atoms with van der Waals surface area (Å²) in [6.07, 6.45) is 4.58. The largest absolute Gasteiger partial charge is 0.279 e. The van der Waals surface area contributed by atoms with E-state index in [-0.39, 0.29) is 10.8 Å². The molecule has 2 unspecified atom stereocenters. The summed E-state index contributed by atoms with van der Waals surface area (Å²) in [5.41, 5.74) is 8.23. The number of benzene rings is 1. The van der Waals surface area contributed by atoms with Crippen LogP contribution in [0.5, 0.6) is 0 Å². The Labute approximate surface area is 181 Å². The highest BCUT2D eigenvalue weighted by molar-refractivity contribution is 8.00. The van der Waals surface area contributed by atoms with Gasteiger partial charge in [0, 0.05) is 33.2 Å². The Morgan fingerprint density at radius 3 is 2.23 bits per heavy atom. The molecule has 2 atom stereocenters. The molecule has 2 aliphatic rings. The Hall–Kier alpha value is -2.14. The third kappa shape index (κ3) is 2.51. The lowest BCUT2D eigenvalue weighted by molar-refractivity contribution is 0.541. The van der Waals surface area contributed by atoms with E-state index in [1.165, 1.54) is 29.5 Å². The molecule has 4 aromatic rings. The summed E-state index contributed by atoms with van der Waals surface area (Å²) in [5, 5.41) is 2.35. The first-order chi connectivity index (χ1) is 14.1. The molecule has 0 spiro atoms. The standard InChI is InChI=1S/C25H28N4S/c1-24(2,3)21-11-16-15(12-26-21)22-27-17-9-13-14(20-8-7-19(13)30-20)10-18(17)29(22)23(28-16)25(4,5)6/h9-12,19-20H,7-8H2,1-6H3. The fourth-order valence-electron chi connectivity index (χ4n) is 4.99. The van der Waals surface area contributed by atoms with E-state index in [1.807, 2.05) is 6.20 Å². The van der Waals surface area contributed by atoms with E-state index in [1.54, 1.807) is 0 Å². The second-order valence-corrected chi connectivity index (χ2v) is 12.4. The molecule has 2 bridgehead atoms. The number of aromatic nitrogens is 4. The molecular formula is C25H28N4S. The molecule has 1 aromatic carbocycles. The summed E-state index contributed by atoms with van der Waals surface area (Å²) < 4.78 is 2.30. The molecule has 4 nitrogen and oxygen atoms in total. The molecule has 154 valence electrons. The SMILES string of the molecule is CC(C)(C)c1cc2nc(C(C)(C)C)n3c4cc5c(cc4nc3c2cn1)C1CCC5S1. The van der Waals surface area contributed by atoms with Crippen LogP contribution >= 0.6 is 11.8 Å². The predicted molar refractivity (Wildman–Crippen MR) is 126 cm³/mol. The molecule has 0 radical (unpaired) electrons. The van der Waals surface area contributed by atoms with Gasteiger partial charge in [-0.2, -0.15) is 0 Å². The van der Waals surface area contributed by atoms with Gasteiger partial charge >= 0.3 is 0 Å². The van der Waals surface area contributed by atoms with Crippen LogP contribution in [0.4, 0.5) is 0 Å². The Morgan fingerprint density at radius 1 is 0.867 bits per heavy atom. The van der Waals surface area contributed by atoms with E-state index < -0.39 is 0 Å². The van der Waals surface area contributed by atoms with Crippen molar-refractivity contribution in [2.24, 2.45) is 0 Å². The van der Waals surface area contributed by atoms with Crippen LogP contribution < -0.4 is 0 Å². The van der Waals surface area contributed by atoms with Gasteiger partial charge in [-0.15, -0.1) is 11.8 Å². The summed E-state index contributed by atoms with van der Waals surface area (Å²) in [5.74, 6) is 1.06. The van der Waals surface area contributed by atoms with Gasteiger partial charge in [-0.25, -0.2) is 9.97 Å². The highest BCUT2D eigenvalue weighted by Gasteiger charge is 2.38. The van der Waals surface area contributed by atoms with Crippen LogP contribution in [0.1, 0.15) is 87.5 Å². The summed E-state index contributed by atoms with van der Waals surface area (Å²) in [6, 6.07) is 6.91. The van der Waals surface area contributed by atoms with E-state index in [0.717, 1.165) is 33.6 Å². The first-order valence-corrected chi connectivity index (χ1v) is 11.9. The fourth-order valence-corrected chi connectivity index (χ4v) is 6.63. The molecule has 0 saturated carbocycles. The number of nitrogens with zero attached hydrogens (tertiary/aromatic N) is 4. The summed E-state index contributed by atoms with van der Waals surface area (Å²) in [7, 11) is 0. The zero-order valence-corrected chi connectivity index (χ0v) is 19.4. The Balaban J connectivity index is 1.73. The molecule has 0 amide bonds. The Kier molecular flexibility index (Phi) is 3.57. The van der Waals surface area contributed by atoms with Crippen molar-refractivity contribution in [1.29, 1.82) is 0 Å². The fraction of sp³-hybridized carbons (Fsp3) is 0.480. The van der Waals surface area contributed by atoms with Crippen molar-refractivity contribution in [2.45, 2.75) is 75.7 Å². The average Bonchev–Trinajstić information content (AvgIpc) is 3.37. The van der Waals surface area contributed by atoms with Gasteiger partial charge < -0.3 is 0 Å². The number of fused-ring (bicyclic) bond motifs is 10. The van der Waals surface area contributed by atoms with Gasteiger partial charge in [0.1, 0.15) is 11.5 Å². The van der Waals surface area contributed by atoms with Crippen LogP contribution in [0.25, 0.3) is 27.6 Å². The van der Waals surface area contributed by atoms with Gasteiger partial charge in [-0.3, -0.25) is 9.38 Å². The highest BCUT2D eigenvalue weighted by Crippen LogP contribution is 2.61. The topological polar surface area (TPSA) is 43.1 Å². The lowest BCUT2D eigenvalue weighted by Gasteiger charge is -2.22. The zero-order chi connectivity index (χ0) is 21.0. The van der Waals surface area contributed by atoms with Crippen molar-refractivity contribution in [3.8, 4) is 0 Å². The van der Waals surface area contributed by atoms with Gasteiger partial charge in [-0.1, -0.05) is 41.5 Å². The van der Waals surface area contributed by atoms with E-state index in [2.05, 4.69) is 75.9 Å². The van der Waals surface area contributed by atoms with Crippen LogP contribution in [-0.4, -0.2) is 19.4 Å². The van der Waals surface area contributed by atoms with E-state index in [4.69, 9.17) is 15.0 Å². The minimum absolute atomic E-state index is 0.0121. The zero-order valence-electron chi connectivity index (χ0n) is 18.6. The predicted octanol–water partition coefficient (Wildman–Crippen LogP) is 6.65. The number of rotatable bonds is 0. The van der Waals surface area contributed by atoms with Crippen LogP contribution in [0.15, 0.2) is 24.4 Å². The molecule has 5 heteroatoms. The second-order valence-electron chi connectivity index (χ2n) is 11.0. The summed E-state index contributed by atoms with van der Waals surface area (Å²) in [6.45, 7) is 13.3. The molecule has 0 N–H and O–H groups in total. The van der Waals surface area contributed by atoms with Crippen molar-refractivity contribution in [1.82, 2.24) is 19.4 Å². The smallest absolute Gasteiger partial charge is 0.150 e. The summed E-state index contributed by atoms with van der Waals surface area (Å²) >= 11 is 2.13. The van der Waals surface area contributed by atoms with Crippen LogP contribution in [-0.2, 0) is 10.8 Å². The van der Waals surface area contributed by atoms with Crippen LogP contribution in [0.2, 0.25) is 0 Å². The lowest BCUT2D eigenvalue weighted by Crippen LogP contribution is -2.19. The van der Waals surface area contributed by atoms with Gasteiger partial charge in [0.25, 0.3) is 0 Å². The van der Waals surface area contributed by atoms with E-state index in [9.17, 15) is 0 Å². The lowest BCUT2D eigenvalue weighted by atomic mass is 9.91. The Morgan fingerprint density at radius 2 is 1.57 bits per heavy atom. The molecule has 2 aliphatic heterocycles. The number of imidazole rings is 1. The van der Waals surface area contributed by atoms with Crippen LogP contribution in [0, 0.1) is 0 Å². The average molecular weight is 417 g/mol. The van der Waals surface area contributed by atoms with Gasteiger partial charge in [0.2, 0.25) is 0 Å². The molecule has 30 heavy (non-hydrogen) atoms. The third-order valence-electron chi connectivity index (χ3n) is 6.57. The molecule has 0 aliphatic carbocycles. The molecule has 6 rings (SSSR count). The van der Waals surface area contributed by atoms with Crippen LogP contribution in [0.3, 0.4) is 0 Å². The molecular weight excluding hydrogens is 388 g/mol. The maximum absolute atomic E-state index is 5.19. The number of hydrogen-bond acceptors (Lipinski definition) is 4. The Bertz CT molecular complexity index is 1350. The number of pyridine rings is 1. The minimum atomic E-state index is -0.0992. The molecule has 1 saturated heterocycles. The van der Waals surface area contributed by atoms with Gasteiger partial charge in [0.15, 0.2) is 0 Å². The van der Waals surface area contributed by atoms with E-state index in [0.29, 0.717) is 10.5 Å². The maximum Gasteiger partial charge on any atom is 0.150 e. The first-order valence-electron chi connectivity index (χ1n) is 10.9. The quantitative estimate of drug-likeness (QED) is 0.322. The van der Waals surface area contributed by atoms with Crippen molar-refractivity contribution in [2.75, 3.05) is 0 Å². The molecule has 1 fully saturated rings. The highest BCUT2D eigenvalue weighted by atomic mass is 32.2. The van der Waals surface area contributed by atoms with Crippen molar-refractivity contribution >= 4 is 39.3 Å². The molecule has 5 heterocycles. The molecule has 3 aromatic heterocycles. The minimum Gasteiger partial charge on any atom is -0.279 e. The van der Waals surface area contributed by atoms with Crippen molar-refractivity contribution in [3.63, 3.8) is 0 Å². The normalized spacial score (nSPS) is 21.3. The number of thioether (sulfide) groups is 1. The van der Waals surface area contributed by atoms with Crippen molar-refractivity contribution in [3.05, 3.63) is 47.0 Å². The van der Waals surface area contributed by atoms with E-state index >= 15 is 0 Å². The third-order valence-corrected chi connectivity index (χ3v) is 8.21. The van der Waals surface area contributed by atoms with Crippen molar-refractivity contribution < 1.29 is 0 Å². The summed E-state index contributed by atoms with van der Waals surface area (Å²) in [4.78, 5) is 15.1. The second kappa shape index (κ2) is 5.76. The first kappa shape index (κ1) is 18.6. The maximum atomic E-state index is 5.19. The van der Waals surface area contributed by atoms with Gasteiger partial charge in [-0.05, 0) is 42.2 Å². The monoisotopic (exact) mass is 416 g/mol. The van der Waals surface area contributed by atoms with Gasteiger partial charge in [0.05, 0.1) is 21.9 Å². The number of hydrogen-bond donors (Lipinski definition) is 0.